The molecule has 0 radical (unpaired) electrons. The van der Waals surface area contributed by atoms with Crippen LogP contribution in [0.1, 0.15) is 43.9 Å². The van der Waals surface area contributed by atoms with Crippen molar-refractivity contribution >= 4 is 11.9 Å². The van der Waals surface area contributed by atoms with Crippen molar-refractivity contribution in [1.29, 1.82) is 0 Å². The first-order valence-corrected chi connectivity index (χ1v) is 8.10. The lowest BCUT2D eigenvalue weighted by atomic mass is 9.81. The van der Waals surface area contributed by atoms with Crippen LogP contribution in [0.2, 0.25) is 0 Å². The zero-order valence-electron chi connectivity index (χ0n) is 14.3. The molecule has 0 aliphatic carbocycles. The molecule has 1 amide bonds. The van der Waals surface area contributed by atoms with Gasteiger partial charge in [0, 0.05) is 6.42 Å². The normalized spacial score (nSPS) is 12.4. The summed E-state index contributed by atoms with van der Waals surface area (Å²) in [4.78, 5) is 23.6. The second-order valence-electron chi connectivity index (χ2n) is 6.70. The fourth-order valence-electron chi connectivity index (χ4n) is 2.76. The largest absolute Gasteiger partial charge is 0.481 e. The lowest BCUT2D eigenvalue weighted by Gasteiger charge is -2.26. The smallest absolute Gasteiger partial charge is 0.305 e. The maximum Gasteiger partial charge on any atom is 0.305 e. The van der Waals surface area contributed by atoms with Crippen LogP contribution in [0.4, 0.5) is 4.39 Å². The van der Waals surface area contributed by atoms with Gasteiger partial charge in [0.1, 0.15) is 5.82 Å². The van der Waals surface area contributed by atoms with Crippen molar-refractivity contribution in [2.75, 3.05) is 0 Å². The van der Waals surface area contributed by atoms with Gasteiger partial charge in [-0.2, -0.15) is 0 Å². The Morgan fingerprint density at radius 1 is 1.08 bits per heavy atom. The Morgan fingerprint density at radius 3 is 2.24 bits per heavy atom. The van der Waals surface area contributed by atoms with Gasteiger partial charge in [0.2, 0.25) is 5.91 Å². The Bertz CT molecular complexity index is 726. The molecule has 2 aromatic rings. The standard InChI is InChI=1S/C20H22FNO3/c1-20(2,15-6-4-3-5-7-15)13-18(23)22-17(12-19(24)25)14-8-10-16(21)11-9-14/h3-11,17H,12-13H2,1-2H3,(H,22,23)(H,24,25). The summed E-state index contributed by atoms with van der Waals surface area (Å²) < 4.78 is 13.1. The third-order valence-electron chi connectivity index (χ3n) is 4.14. The van der Waals surface area contributed by atoms with E-state index in [-0.39, 0.29) is 24.2 Å². The van der Waals surface area contributed by atoms with Crippen LogP contribution in [-0.2, 0) is 15.0 Å². The molecule has 0 aliphatic rings. The van der Waals surface area contributed by atoms with Gasteiger partial charge < -0.3 is 10.4 Å². The quantitative estimate of drug-likeness (QED) is 0.803. The van der Waals surface area contributed by atoms with Crippen molar-refractivity contribution in [3.63, 3.8) is 0 Å². The molecule has 0 aromatic heterocycles. The topological polar surface area (TPSA) is 66.4 Å². The SMILES string of the molecule is CC(C)(CC(=O)NC(CC(=O)O)c1ccc(F)cc1)c1ccccc1. The molecule has 5 heteroatoms. The Morgan fingerprint density at radius 2 is 1.68 bits per heavy atom. The molecule has 0 heterocycles. The number of aliphatic carboxylic acids is 1. The molecule has 2 N–H and O–H groups in total. The minimum absolute atomic E-state index is 0.217. The highest BCUT2D eigenvalue weighted by Gasteiger charge is 2.26. The lowest BCUT2D eigenvalue weighted by molar-refractivity contribution is -0.137. The number of carbonyl (C=O) groups is 2. The monoisotopic (exact) mass is 343 g/mol. The highest BCUT2D eigenvalue weighted by molar-refractivity contribution is 5.79. The number of halogens is 1. The number of carbonyl (C=O) groups excluding carboxylic acids is 1. The zero-order chi connectivity index (χ0) is 18.4. The van der Waals surface area contributed by atoms with E-state index in [2.05, 4.69) is 5.32 Å². The van der Waals surface area contributed by atoms with Crippen LogP contribution < -0.4 is 5.32 Å². The first-order valence-electron chi connectivity index (χ1n) is 8.10. The molecule has 0 fully saturated rings. The summed E-state index contributed by atoms with van der Waals surface area (Å²) in [6.45, 7) is 3.93. The maximum absolute atomic E-state index is 13.1. The minimum Gasteiger partial charge on any atom is -0.481 e. The van der Waals surface area contributed by atoms with Crippen LogP contribution in [0.25, 0.3) is 0 Å². The Kier molecular flexibility index (Phi) is 5.91. The van der Waals surface area contributed by atoms with Crippen LogP contribution in [0.3, 0.4) is 0 Å². The van der Waals surface area contributed by atoms with Gasteiger partial charge in [0.15, 0.2) is 0 Å². The molecule has 0 spiro atoms. The number of carboxylic acids is 1. The number of hydrogen-bond donors (Lipinski definition) is 2. The first kappa shape index (κ1) is 18.6. The first-order chi connectivity index (χ1) is 11.8. The van der Waals surface area contributed by atoms with E-state index in [1.54, 1.807) is 0 Å². The summed E-state index contributed by atoms with van der Waals surface area (Å²) in [6.07, 6.45) is -0.0442. The third kappa shape index (κ3) is 5.41. The van der Waals surface area contributed by atoms with E-state index in [1.165, 1.54) is 24.3 Å². The van der Waals surface area contributed by atoms with Gasteiger partial charge in [0.25, 0.3) is 0 Å². The lowest BCUT2D eigenvalue weighted by Crippen LogP contribution is -2.34. The van der Waals surface area contributed by atoms with Gasteiger partial charge in [-0.1, -0.05) is 56.3 Å². The van der Waals surface area contributed by atoms with Crippen molar-refractivity contribution in [1.82, 2.24) is 5.32 Å². The molecule has 1 atom stereocenters. The number of nitrogens with one attached hydrogen (secondary N) is 1. The van der Waals surface area contributed by atoms with Crippen LogP contribution >= 0.6 is 0 Å². The molecule has 132 valence electrons. The molecule has 4 nitrogen and oxygen atoms in total. The van der Waals surface area contributed by atoms with Gasteiger partial charge in [-0.25, -0.2) is 4.39 Å². The van der Waals surface area contributed by atoms with Gasteiger partial charge in [-0.15, -0.1) is 0 Å². The average Bonchev–Trinajstić information content (AvgIpc) is 2.55. The van der Waals surface area contributed by atoms with E-state index in [9.17, 15) is 14.0 Å². The van der Waals surface area contributed by atoms with E-state index in [1.807, 2.05) is 44.2 Å². The van der Waals surface area contributed by atoms with Crippen LogP contribution in [-0.4, -0.2) is 17.0 Å². The molecule has 0 bridgehead atoms. The Balaban J connectivity index is 2.11. The van der Waals surface area contributed by atoms with Crippen LogP contribution in [0.5, 0.6) is 0 Å². The summed E-state index contributed by atoms with van der Waals surface area (Å²) in [5, 5.41) is 11.9. The average molecular weight is 343 g/mol. The number of rotatable bonds is 7. The molecule has 0 saturated heterocycles. The fraction of sp³-hybridized carbons (Fsp3) is 0.300. The molecule has 1 unspecified atom stereocenters. The van der Waals surface area contributed by atoms with E-state index >= 15 is 0 Å². The van der Waals surface area contributed by atoms with Crippen molar-refractivity contribution in [2.45, 2.75) is 38.1 Å². The highest BCUT2D eigenvalue weighted by atomic mass is 19.1. The summed E-state index contributed by atoms with van der Waals surface area (Å²) in [6, 6.07) is 14.5. The predicted octanol–water partition coefficient (Wildman–Crippen LogP) is 3.83. The van der Waals surface area contributed by atoms with Crippen LogP contribution in [0, 0.1) is 5.82 Å². The zero-order valence-corrected chi connectivity index (χ0v) is 14.3. The summed E-state index contributed by atoms with van der Waals surface area (Å²) in [5.74, 6) is -1.68. The van der Waals surface area contributed by atoms with E-state index < -0.39 is 17.8 Å². The second-order valence-corrected chi connectivity index (χ2v) is 6.70. The Hall–Kier alpha value is -2.69. The molecule has 25 heavy (non-hydrogen) atoms. The number of benzene rings is 2. The van der Waals surface area contributed by atoms with E-state index in [0.717, 1.165) is 5.56 Å². The second kappa shape index (κ2) is 7.92. The van der Waals surface area contributed by atoms with Crippen molar-refractivity contribution in [2.24, 2.45) is 0 Å². The molecular weight excluding hydrogens is 321 g/mol. The Labute approximate surface area is 146 Å². The minimum atomic E-state index is -1.03. The highest BCUT2D eigenvalue weighted by Crippen LogP contribution is 2.27. The van der Waals surface area contributed by atoms with E-state index in [4.69, 9.17) is 5.11 Å². The van der Waals surface area contributed by atoms with Crippen LogP contribution in [0.15, 0.2) is 54.6 Å². The van der Waals surface area contributed by atoms with Gasteiger partial charge in [-0.05, 0) is 28.7 Å². The van der Waals surface area contributed by atoms with Crippen molar-refractivity contribution < 1.29 is 19.1 Å². The third-order valence-corrected chi connectivity index (χ3v) is 4.14. The molecule has 0 aliphatic heterocycles. The number of amides is 1. The van der Waals surface area contributed by atoms with E-state index in [0.29, 0.717) is 5.56 Å². The van der Waals surface area contributed by atoms with Gasteiger partial charge in [-0.3, -0.25) is 9.59 Å². The molecular formula is C20H22FNO3. The van der Waals surface area contributed by atoms with Gasteiger partial charge >= 0.3 is 5.97 Å². The predicted molar refractivity (Wildman–Crippen MR) is 93.6 cm³/mol. The summed E-state index contributed by atoms with van der Waals surface area (Å²) in [7, 11) is 0. The molecule has 2 rings (SSSR count). The maximum atomic E-state index is 13.1. The number of hydrogen-bond acceptors (Lipinski definition) is 2. The molecule has 0 saturated carbocycles. The summed E-state index contributed by atoms with van der Waals surface area (Å²) in [5.41, 5.74) is 1.21. The van der Waals surface area contributed by atoms with Gasteiger partial charge in [0.05, 0.1) is 12.5 Å². The van der Waals surface area contributed by atoms with Crippen molar-refractivity contribution in [3.05, 3.63) is 71.5 Å². The summed E-state index contributed by atoms with van der Waals surface area (Å²) >= 11 is 0. The fourth-order valence-corrected chi connectivity index (χ4v) is 2.76. The number of carboxylic acid groups (broad SMARTS) is 1. The molecule has 2 aromatic carbocycles. The van der Waals surface area contributed by atoms with Crippen molar-refractivity contribution in [3.8, 4) is 0 Å².